The quantitative estimate of drug-likeness (QED) is 0.579. The second-order valence-corrected chi connectivity index (χ2v) is 4.68. The molecule has 0 aliphatic rings. The van der Waals surface area contributed by atoms with Crippen LogP contribution in [-0.4, -0.2) is 17.7 Å². The van der Waals surface area contributed by atoms with Crippen LogP contribution in [-0.2, 0) is 4.79 Å². The topological polar surface area (TPSA) is 34.1 Å². The number of hydrogen-bond acceptors (Lipinski definition) is 2. The van der Waals surface area contributed by atoms with Crippen molar-refractivity contribution in [2.24, 2.45) is 0 Å². The average molecular weight is 291 g/mol. The highest BCUT2D eigenvalue weighted by atomic mass is 35.5. The maximum absolute atomic E-state index is 13.7. The normalized spacial score (nSPS) is 12.2. The molecule has 5 heteroatoms. The second-order valence-electron chi connectivity index (χ2n) is 3.90. The van der Waals surface area contributed by atoms with Crippen molar-refractivity contribution in [3.05, 3.63) is 33.8 Å². The first-order chi connectivity index (χ1) is 8.49. The van der Waals surface area contributed by atoms with Crippen LogP contribution in [0.4, 0.5) is 4.39 Å². The lowest BCUT2D eigenvalue weighted by Crippen LogP contribution is -2.26. The van der Waals surface area contributed by atoms with Crippen LogP contribution < -0.4 is 0 Å². The molecule has 0 N–H and O–H groups in total. The molecule has 1 aromatic carbocycles. The Hall–Kier alpha value is -0.930. The molecule has 0 saturated carbocycles. The third-order valence-electron chi connectivity index (χ3n) is 2.51. The van der Waals surface area contributed by atoms with Gasteiger partial charge in [0.15, 0.2) is 5.78 Å². The first kappa shape index (κ1) is 15.1. The standard InChI is InChI=1S/C13H13Cl2FO2/c1-2-3-7-10(17)12(16)13(18)8-5-4-6-9(14)11(8)15/h4-6,12H,2-3,7H2,1H3. The van der Waals surface area contributed by atoms with Crippen molar-refractivity contribution < 1.29 is 14.0 Å². The lowest BCUT2D eigenvalue weighted by atomic mass is 10.0. The molecule has 18 heavy (non-hydrogen) atoms. The molecule has 0 radical (unpaired) electrons. The van der Waals surface area contributed by atoms with E-state index in [4.69, 9.17) is 23.2 Å². The number of benzene rings is 1. The van der Waals surface area contributed by atoms with Crippen LogP contribution in [0.25, 0.3) is 0 Å². The van der Waals surface area contributed by atoms with Gasteiger partial charge in [0.2, 0.25) is 12.0 Å². The summed E-state index contributed by atoms with van der Waals surface area (Å²) in [5, 5.41) is 0.144. The maximum Gasteiger partial charge on any atom is 0.220 e. The summed E-state index contributed by atoms with van der Waals surface area (Å²) in [7, 11) is 0. The fourth-order valence-corrected chi connectivity index (χ4v) is 1.85. The Balaban J connectivity index is 2.87. The summed E-state index contributed by atoms with van der Waals surface area (Å²) < 4.78 is 13.7. The third kappa shape index (κ3) is 3.53. The molecular formula is C13H13Cl2FO2. The fourth-order valence-electron chi connectivity index (χ4n) is 1.45. The molecule has 0 heterocycles. The summed E-state index contributed by atoms with van der Waals surface area (Å²) in [4.78, 5) is 23.2. The van der Waals surface area contributed by atoms with Crippen LogP contribution in [0.15, 0.2) is 18.2 Å². The number of carbonyl (C=O) groups is 2. The SMILES string of the molecule is CCCCC(=O)C(F)C(=O)c1cccc(Cl)c1Cl. The Bertz CT molecular complexity index is 460. The largest absolute Gasteiger partial charge is 0.296 e. The predicted octanol–water partition coefficient (Wildman–Crippen LogP) is 4.27. The Morgan fingerprint density at radius 1 is 1.33 bits per heavy atom. The molecule has 1 unspecified atom stereocenters. The van der Waals surface area contributed by atoms with E-state index in [1.54, 1.807) is 0 Å². The molecule has 0 aliphatic carbocycles. The summed E-state index contributed by atoms with van der Waals surface area (Å²) in [6.07, 6.45) is -0.769. The number of hydrogen-bond donors (Lipinski definition) is 0. The predicted molar refractivity (Wildman–Crippen MR) is 70.2 cm³/mol. The lowest BCUT2D eigenvalue weighted by molar-refractivity contribution is -0.122. The first-order valence-electron chi connectivity index (χ1n) is 5.64. The Kier molecular flexibility index (Phi) is 5.76. The number of alkyl halides is 1. The molecule has 1 aromatic rings. The van der Waals surface area contributed by atoms with Crippen molar-refractivity contribution >= 4 is 34.8 Å². The van der Waals surface area contributed by atoms with Crippen LogP contribution in [0.3, 0.4) is 0 Å². The zero-order valence-corrected chi connectivity index (χ0v) is 11.4. The van der Waals surface area contributed by atoms with E-state index in [0.717, 1.165) is 6.42 Å². The number of Topliss-reactive ketones (excluding diaryl/α,β-unsaturated/α-hetero) is 2. The van der Waals surface area contributed by atoms with Gasteiger partial charge in [-0.1, -0.05) is 42.6 Å². The summed E-state index contributed by atoms with van der Waals surface area (Å²) in [5.41, 5.74) is -0.0542. The smallest absolute Gasteiger partial charge is 0.220 e. The molecule has 0 aliphatic heterocycles. The van der Waals surface area contributed by atoms with E-state index in [2.05, 4.69) is 0 Å². The third-order valence-corrected chi connectivity index (χ3v) is 3.33. The molecule has 0 fully saturated rings. The van der Waals surface area contributed by atoms with Crippen LogP contribution in [0, 0.1) is 0 Å². The van der Waals surface area contributed by atoms with Crippen molar-refractivity contribution in [1.82, 2.24) is 0 Å². The molecule has 0 aromatic heterocycles. The van der Waals surface area contributed by atoms with Gasteiger partial charge >= 0.3 is 0 Å². The zero-order chi connectivity index (χ0) is 13.7. The van der Waals surface area contributed by atoms with Crippen molar-refractivity contribution in [3.63, 3.8) is 0 Å². The van der Waals surface area contributed by atoms with E-state index in [1.165, 1.54) is 18.2 Å². The van der Waals surface area contributed by atoms with Crippen molar-refractivity contribution in [1.29, 1.82) is 0 Å². The number of carbonyl (C=O) groups excluding carboxylic acids is 2. The van der Waals surface area contributed by atoms with E-state index < -0.39 is 17.7 Å². The first-order valence-corrected chi connectivity index (χ1v) is 6.39. The summed E-state index contributed by atoms with van der Waals surface area (Å²) in [5.74, 6) is -1.64. The maximum atomic E-state index is 13.7. The zero-order valence-electron chi connectivity index (χ0n) is 9.88. The highest BCUT2D eigenvalue weighted by Gasteiger charge is 2.28. The van der Waals surface area contributed by atoms with Crippen molar-refractivity contribution in [3.8, 4) is 0 Å². The van der Waals surface area contributed by atoms with Gasteiger partial charge in [-0.25, -0.2) is 4.39 Å². The van der Waals surface area contributed by atoms with Gasteiger partial charge in [-0.2, -0.15) is 0 Å². The van der Waals surface area contributed by atoms with Crippen molar-refractivity contribution in [2.45, 2.75) is 32.4 Å². The summed E-state index contributed by atoms with van der Waals surface area (Å²) >= 11 is 11.5. The number of unbranched alkanes of at least 4 members (excludes halogenated alkanes) is 1. The van der Waals surface area contributed by atoms with Crippen LogP contribution in [0.1, 0.15) is 36.5 Å². The van der Waals surface area contributed by atoms with Gasteiger partial charge < -0.3 is 0 Å². The minimum absolute atomic E-state index is 0.0184. The molecule has 1 atom stereocenters. The molecule has 0 bridgehead atoms. The monoisotopic (exact) mass is 290 g/mol. The summed E-state index contributed by atoms with van der Waals surface area (Å²) in [6, 6.07) is 4.34. The second kappa shape index (κ2) is 6.86. The van der Waals surface area contributed by atoms with Gasteiger partial charge in [0.1, 0.15) is 0 Å². The molecular weight excluding hydrogens is 278 g/mol. The van der Waals surface area contributed by atoms with Gasteiger partial charge in [-0.05, 0) is 18.6 Å². The van der Waals surface area contributed by atoms with Crippen molar-refractivity contribution in [2.75, 3.05) is 0 Å². The molecule has 98 valence electrons. The molecule has 2 nitrogen and oxygen atoms in total. The van der Waals surface area contributed by atoms with E-state index in [-0.39, 0.29) is 22.0 Å². The highest BCUT2D eigenvalue weighted by molar-refractivity contribution is 6.44. The number of rotatable bonds is 6. The van der Waals surface area contributed by atoms with E-state index in [9.17, 15) is 14.0 Å². The minimum atomic E-state index is -2.16. The Labute approximate surface area is 115 Å². The van der Waals surface area contributed by atoms with E-state index >= 15 is 0 Å². The molecule has 0 spiro atoms. The Morgan fingerprint density at radius 2 is 2.00 bits per heavy atom. The van der Waals surface area contributed by atoms with E-state index in [1.807, 2.05) is 6.92 Å². The highest BCUT2D eigenvalue weighted by Crippen LogP contribution is 2.27. The molecule has 0 amide bonds. The Morgan fingerprint density at radius 3 is 2.61 bits per heavy atom. The lowest BCUT2D eigenvalue weighted by Gasteiger charge is -2.08. The molecule has 1 rings (SSSR count). The minimum Gasteiger partial charge on any atom is -0.296 e. The van der Waals surface area contributed by atoms with Gasteiger partial charge in [0.25, 0.3) is 0 Å². The van der Waals surface area contributed by atoms with Crippen LogP contribution in [0.2, 0.25) is 10.0 Å². The molecule has 0 saturated heterocycles. The van der Waals surface area contributed by atoms with Gasteiger partial charge in [-0.15, -0.1) is 0 Å². The van der Waals surface area contributed by atoms with E-state index in [0.29, 0.717) is 6.42 Å². The van der Waals surface area contributed by atoms with Crippen LogP contribution in [0.5, 0.6) is 0 Å². The average Bonchev–Trinajstić information content (AvgIpc) is 2.37. The number of halogens is 3. The fraction of sp³-hybridized carbons (Fsp3) is 0.385. The van der Waals surface area contributed by atoms with Gasteiger partial charge in [0, 0.05) is 12.0 Å². The van der Waals surface area contributed by atoms with Gasteiger partial charge in [0.05, 0.1) is 10.0 Å². The van der Waals surface area contributed by atoms with Crippen LogP contribution >= 0.6 is 23.2 Å². The van der Waals surface area contributed by atoms with Gasteiger partial charge in [-0.3, -0.25) is 9.59 Å². The number of ketones is 2. The summed E-state index contributed by atoms with van der Waals surface area (Å²) in [6.45, 7) is 1.89.